The van der Waals surface area contributed by atoms with Crippen molar-refractivity contribution in [3.05, 3.63) is 34.4 Å². The van der Waals surface area contributed by atoms with E-state index in [1.807, 2.05) is 0 Å². The fraction of sp³-hybridized carbons (Fsp3) is 0.538. The molecule has 0 N–H and O–H groups in total. The molecule has 0 nitrogen and oxygen atoms in total. The molecule has 0 unspecified atom stereocenters. The van der Waals surface area contributed by atoms with Crippen molar-refractivity contribution < 1.29 is 0 Å². The standard InChI is InChI=1S/C13H16/c1-9-5-12-7-10-3-2-4-11(10)8-13(12)6-9/h7-9H,2-6H2,1H3. The molecule has 0 heteroatoms. The first-order valence-electron chi connectivity index (χ1n) is 5.46. The van der Waals surface area contributed by atoms with Gasteiger partial charge in [0.05, 0.1) is 0 Å². The van der Waals surface area contributed by atoms with Gasteiger partial charge in [-0.15, -0.1) is 0 Å². The van der Waals surface area contributed by atoms with E-state index in [1.54, 1.807) is 22.3 Å². The second-order valence-corrected chi connectivity index (χ2v) is 4.76. The molecule has 3 rings (SSSR count). The van der Waals surface area contributed by atoms with E-state index in [0.29, 0.717) is 0 Å². The quantitative estimate of drug-likeness (QED) is 0.564. The minimum atomic E-state index is 0.887. The van der Waals surface area contributed by atoms with E-state index < -0.39 is 0 Å². The monoisotopic (exact) mass is 172 g/mol. The Morgan fingerprint density at radius 3 is 2.00 bits per heavy atom. The first kappa shape index (κ1) is 7.61. The summed E-state index contributed by atoms with van der Waals surface area (Å²) in [5.41, 5.74) is 6.59. The molecule has 0 spiro atoms. The zero-order valence-corrected chi connectivity index (χ0v) is 8.27. The lowest BCUT2D eigenvalue weighted by atomic mass is 10.0. The van der Waals surface area contributed by atoms with E-state index in [-0.39, 0.29) is 0 Å². The lowest BCUT2D eigenvalue weighted by molar-refractivity contribution is 0.627. The van der Waals surface area contributed by atoms with Crippen molar-refractivity contribution in [1.29, 1.82) is 0 Å². The molecule has 0 saturated carbocycles. The minimum absolute atomic E-state index is 0.887. The van der Waals surface area contributed by atoms with Crippen LogP contribution in [0.15, 0.2) is 12.1 Å². The Hall–Kier alpha value is -0.780. The van der Waals surface area contributed by atoms with Gasteiger partial charge in [0, 0.05) is 0 Å². The van der Waals surface area contributed by atoms with Crippen molar-refractivity contribution in [1.82, 2.24) is 0 Å². The number of benzene rings is 1. The molecule has 0 fully saturated rings. The maximum atomic E-state index is 2.49. The average molecular weight is 172 g/mol. The lowest BCUT2D eigenvalue weighted by Gasteiger charge is -2.03. The van der Waals surface area contributed by atoms with Crippen molar-refractivity contribution >= 4 is 0 Å². The van der Waals surface area contributed by atoms with Crippen LogP contribution in [0.4, 0.5) is 0 Å². The molecule has 0 atom stereocenters. The molecule has 0 aromatic heterocycles. The van der Waals surface area contributed by atoms with Gasteiger partial charge < -0.3 is 0 Å². The first-order chi connectivity index (χ1) is 6.33. The number of hydrogen-bond donors (Lipinski definition) is 0. The molecule has 0 bridgehead atoms. The molecule has 13 heavy (non-hydrogen) atoms. The molecule has 68 valence electrons. The molecule has 0 heterocycles. The predicted molar refractivity (Wildman–Crippen MR) is 55.0 cm³/mol. The van der Waals surface area contributed by atoms with Crippen molar-refractivity contribution in [2.45, 2.75) is 39.0 Å². The molecular formula is C13H16. The zero-order chi connectivity index (χ0) is 8.84. The highest BCUT2D eigenvalue weighted by Crippen LogP contribution is 2.32. The summed E-state index contributed by atoms with van der Waals surface area (Å²) in [5.74, 6) is 0.887. The van der Waals surface area contributed by atoms with Crippen LogP contribution in [0.25, 0.3) is 0 Å². The van der Waals surface area contributed by atoms with Crippen LogP contribution < -0.4 is 0 Å². The number of hydrogen-bond acceptors (Lipinski definition) is 0. The lowest BCUT2D eigenvalue weighted by Crippen LogP contribution is -1.89. The van der Waals surface area contributed by atoms with Crippen LogP contribution in [0.2, 0.25) is 0 Å². The van der Waals surface area contributed by atoms with Gasteiger partial charge in [-0.05, 0) is 60.3 Å². The summed E-state index contributed by atoms with van der Waals surface area (Å²) < 4.78 is 0. The zero-order valence-electron chi connectivity index (χ0n) is 8.27. The second kappa shape index (κ2) is 2.60. The summed E-state index contributed by atoms with van der Waals surface area (Å²) in [6.45, 7) is 2.37. The van der Waals surface area contributed by atoms with E-state index >= 15 is 0 Å². The van der Waals surface area contributed by atoms with Crippen molar-refractivity contribution in [2.75, 3.05) is 0 Å². The first-order valence-corrected chi connectivity index (χ1v) is 5.46. The van der Waals surface area contributed by atoms with Crippen LogP contribution in [-0.2, 0) is 25.7 Å². The smallest absolute Gasteiger partial charge is 0.0247 e. The van der Waals surface area contributed by atoms with Gasteiger partial charge in [0.15, 0.2) is 0 Å². The maximum absolute atomic E-state index is 2.49. The summed E-state index contributed by atoms with van der Waals surface area (Å²) in [5, 5.41) is 0. The molecule has 2 aliphatic rings. The summed E-state index contributed by atoms with van der Waals surface area (Å²) in [6.07, 6.45) is 6.69. The van der Waals surface area contributed by atoms with Crippen LogP contribution in [0.1, 0.15) is 35.6 Å². The van der Waals surface area contributed by atoms with Crippen molar-refractivity contribution in [3.8, 4) is 0 Å². The Kier molecular flexibility index (Phi) is 1.52. The van der Waals surface area contributed by atoms with Gasteiger partial charge in [0.2, 0.25) is 0 Å². The van der Waals surface area contributed by atoms with E-state index in [2.05, 4.69) is 19.1 Å². The molecule has 1 aromatic rings. The highest BCUT2D eigenvalue weighted by atomic mass is 14.3. The highest BCUT2D eigenvalue weighted by molar-refractivity contribution is 5.43. The predicted octanol–water partition coefficient (Wildman–Crippen LogP) is 2.91. The molecule has 0 saturated heterocycles. The van der Waals surface area contributed by atoms with Gasteiger partial charge in [-0.3, -0.25) is 0 Å². The molecular weight excluding hydrogens is 156 g/mol. The van der Waals surface area contributed by atoms with Gasteiger partial charge in [-0.2, -0.15) is 0 Å². The Morgan fingerprint density at radius 2 is 1.46 bits per heavy atom. The Balaban J connectivity index is 2.10. The number of aryl methyl sites for hydroxylation is 2. The van der Waals surface area contributed by atoms with Crippen molar-refractivity contribution in [3.63, 3.8) is 0 Å². The maximum Gasteiger partial charge on any atom is -0.0247 e. The summed E-state index contributed by atoms with van der Waals surface area (Å²) in [6, 6.07) is 4.97. The third-order valence-electron chi connectivity index (χ3n) is 3.55. The average Bonchev–Trinajstić information content (AvgIpc) is 2.63. The highest BCUT2D eigenvalue weighted by Gasteiger charge is 2.21. The molecule has 0 radical (unpaired) electrons. The molecule has 2 aliphatic carbocycles. The second-order valence-electron chi connectivity index (χ2n) is 4.76. The Bertz CT molecular complexity index is 316. The van der Waals surface area contributed by atoms with E-state index in [9.17, 15) is 0 Å². The molecule has 0 aliphatic heterocycles. The fourth-order valence-corrected chi connectivity index (χ4v) is 2.93. The normalized spacial score (nSPS) is 20.4. The van der Waals surface area contributed by atoms with Crippen LogP contribution in [0, 0.1) is 5.92 Å². The fourth-order valence-electron chi connectivity index (χ4n) is 2.93. The van der Waals surface area contributed by atoms with Gasteiger partial charge in [0.1, 0.15) is 0 Å². The third kappa shape index (κ3) is 1.12. The molecule has 0 amide bonds. The summed E-state index contributed by atoms with van der Waals surface area (Å²) in [7, 11) is 0. The van der Waals surface area contributed by atoms with Gasteiger partial charge in [-0.1, -0.05) is 19.1 Å². The Morgan fingerprint density at radius 1 is 0.923 bits per heavy atom. The van der Waals surface area contributed by atoms with Crippen LogP contribution in [0.5, 0.6) is 0 Å². The number of rotatable bonds is 0. The topological polar surface area (TPSA) is 0 Å². The third-order valence-corrected chi connectivity index (χ3v) is 3.55. The molecule has 1 aromatic carbocycles. The van der Waals surface area contributed by atoms with Gasteiger partial charge >= 0.3 is 0 Å². The largest absolute Gasteiger partial charge is 0.0619 e. The Labute approximate surface area is 80.0 Å². The van der Waals surface area contributed by atoms with Crippen LogP contribution in [-0.4, -0.2) is 0 Å². The summed E-state index contributed by atoms with van der Waals surface area (Å²) >= 11 is 0. The van der Waals surface area contributed by atoms with E-state index in [4.69, 9.17) is 0 Å². The van der Waals surface area contributed by atoms with Gasteiger partial charge in [0.25, 0.3) is 0 Å². The van der Waals surface area contributed by atoms with E-state index in [0.717, 1.165) is 5.92 Å². The van der Waals surface area contributed by atoms with E-state index in [1.165, 1.54) is 32.1 Å². The van der Waals surface area contributed by atoms with Gasteiger partial charge in [-0.25, -0.2) is 0 Å². The number of fused-ring (bicyclic) bond motifs is 2. The summed E-state index contributed by atoms with van der Waals surface area (Å²) in [4.78, 5) is 0. The minimum Gasteiger partial charge on any atom is -0.0619 e. The van der Waals surface area contributed by atoms with Crippen LogP contribution >= 0.6 is 0 Å². The SMILES string of the molecule is CC1Cc2cc3c(cc2C1)CCC3. The van der Waals surface area contributed by atoms with Crippen LogP contribution in [0.3, 0.4) is 0 Å². The van der Waals surface area contributed by atoms with Crippen molar-refractivity contribution in [2.24, 2.45) is 5.92 Å².